The molecule has 6 nitrogen and oxygen atoms in total. The first-order valence-corrected chi connectivity index (χ1v) is 11.3. The predicted octanol–water partition coefficient (Wildman–Crippen LogP) is 5.10. The Labute approximate surface area is 202 Å². The summed E-state index contributed by atoms with van der Waals surface area (Å²) in [6.45, 7) is 0.642. The fraction of sp³-hybridized carbons (Fsp3) is 0.160. The summed E-state index contributed by atoms with van der Waals surface area (Å²) in [5.74, 6) is 1.62. The highest BCUT2D eigenvalue weighted by Crippen LogP contribution is 2.40. The molecule has 1 fully saturated rings. The second kappa shape index (κ2) is 9.21. The summed E-state index contributed by atoms with van der Waals surface area (Å²) in [5.41, 5.74) is 3.12. The normalized spacial score (nSPS) is 17.8. The molecule has 8 heteroatoms. The van der Waals surface area contributed by atoms with E-state index in [-0.39, 0.29) is 12.1 Å². The molecule has 4 heterocycles. The highest BCUT2D eigenvalue weighted by atomic mass is 35.5. The van der Waals surface area contributed by atoms with Gasteiger partial charge >= 0.3 is 0 Å². The first kappa shape index (κ1) is 21.4. The van der Waals surface area contributed by atoms with Gasteiger partial charge < -0.3 is 19.5 Å². The van der Waals surface area contributed by atoms with Crippen LogP contribution in [0.5, 0.6) is 5.75 Å². The van der Waals surface area contributed by atoms with Gasteiger partial charge in [-0.3, -0.25) is 4.98 Å². The van der Waals surface area contributed by atoms with E-state index in [4.69, 9.17) is 28.6 Å². The lowest BCUT2D eigenvalue weighted by atomic mass is 10.0. The lowest BCUT2D eigenvalue weighted by molar-refractivity contribution is 0.302. The van der Waals surface area contributed by atoms with E-state index in [2.05, 4.69) is 43.0 Å². The minimum Gasteiger partial charge on any atom is -0.497 e. The van der Waals surface area contributed by atoms with Crippen LogP contribution in [0.3, 0.4) is 0 Å². The van der Waals surface area contributed by atoms with Crippen molar-refractivity contribution < 1.29 is 4.74 Å². The largest absolute Gasteiger partial charge is 0.497 e. The number of pyridine rings is 2. The number of rotatable bonds is 6. The molecule has 0 aliphatic carbocycles. The molecule has 3 aromatic heterocycles. The maximum Gasteiger partial charge on any atom is 0.170 e. The molecule has 1 aliphatic rings. The highest BCUT2D eigenvalue weighted by molar-refractivity contribution is 7.80. The smallest absolute Gasteiger partial charge is 0.170 e. The molecule has 1 saturated heterocycles. The van der Waals surface area contributed by atoms with Crippen molar-refractivity contribution in [1.29, 1.82) is 0 Å². The van der Waals surface area contributed by atoms with Crippen LogP contribution in [0.2, 0.25) is 5.02 Å². The Morgan fingerprint density at radius 2 is 1.88 bits per heavy atom. The predicted molar refractivity (Wildman–Crippen MR) is 133 cm³/mol. The summed E-state index contributed by atoms with van der Waals surface area (Å²) in [6.07, 6.45) is 5.47. The second-order valence-electron chi connectivity index (χ2n) is 7.74. The quantitative estimate of drug-likeness (QED) is 0.391. The average Bonchev–Trinajstić information content (AvgIpc) is 3.45. The van der Waals surface area contributed by atoms with Crippen LogP contribution in [-0.4, -0.2) is 31.7 Å². The first-order valence-electron chi connectivity index (χ1n) is 10.5. The molecule has 0 amide bonds. The summed E-state index contributed by atoms with van der Waals surface area (Å²) < 4.78 is 7.39. The Bertz CT molecular complexity index is 1240. The number of halogens is 1. The van der Waals surface area contributed by atoms with E-state index >= 15 is 0 Å². The molecule has 1 N–H and O–H groups in total. The van der Waals surface area contributed by atoms with Crippen molar-refractivity contribution in [2.24, 2.45) is 0 Å². The van der Waals surface area contributed by atoms with E-state index in [1.165, 1.54) is 0 Å². The number of benzene rings is 1. The van der Waals surface area contributed by atoms with Crippen molar-refractivity contribution in [2.75, 3.05) is 7.11 Å². The average molecular weight is 476 g/mol. The molecular weight excluding hydrogens is 454 g/mol. The van der Waals surface area contributed by atoms with Crippen LogP contribution in [-0.2, 0) is 6.54 Å². The van der Waals surface area contributed by atoms with Gasteiger partial charge in [-0.15, -0.1) is 0 Å². The van der Waals surface area contributed by atoms with E-state index in [0.29, 0.717) is 16.7 Å². The van der Waals surface area contributed by atoms with Crippen molar-refractivity contribution in [3.05, 3.63) is 107 Å². The number of nitrogens with one attached hydrogen (secondary N) is 1. The molecule has 1 aromatic carbocycles. The fourth-order valence-corrected chi connectivity index (χ4v) is 4.60. The number of hydrogen-bond acceptors (Lipinski definition) is 4. The third-order valence-electron chi connectivity index (χ3n) is 5.75. The zero-order chi connectivity index (χ0) is 22.8. The third kappa shape index (κ3) is 4.29. The molecule has 0 radical (unpaired) electrons. The Balaban J connectivity index is 1.57. The van der Waals surface area contributed by atoms with Crippen molar-refractivity contribution in [1.82, 2.24) is 24.8 Å². The van der Waals surface area contributed by atoms with Gasteiger partial charge in [0, 0.05) is 30.8 Å². The van der Waals surface area contributed by atoms with Crippen LogP contribution in [0.15, 0.2) is 85.3 Å². The molecule has 5 rings (SSSR count). The summed E-state index contributed by atoms with van der Waals surface area (Å²) in [7, 11) is 1.67. The topological polar surface area (TPSA) is 55.2 Å². The summed E-state index contributed by atoms with van der Waals surface area (Å²) >= 11 is 11.9. The van der Waals surface area contributed by atoms with Crippen molar-refractivity contribution in [3.8, 4) is 11.6 Å². The van der Waals surface area contributed by atoms with Gasteiger partial charge in [-0.2, -0.15) is 0 Å². The fourth-order valence-electron chi connectivity index (χ4n) is 4.18. The number of methoxy groups -OCH3 is 1. The molecular formula is C25H22ClN5OS. The number of hydrogen-bond donors (Lipinski definition) is 1. The van der Waals surface area contributed by atoms with Gasteiger partial charge in [0.25, 0.3) is 0 Å². The SMILES string of the molecule is COc1ccc(CN2C(=S)NC(c3ccccn3)C2c2cccn2-c2ccc(Cl)cn2)cc1. The second-order valence-corrected chi connectivity index (χ2v) is 8.56. The monoisotopic (exact) mass is 475 g/mol. The summed E-state index contributed by atoms with van der Waals surface area (Å²) in [4.78, 5) is 11.4. The third-order valence-corrected chi connectivity index (χ3v) is 6.33. The van der Waals surface area contributed by atoms with Crippen LogP contribution < -0.4 is 10.1 Å². The van der Waals surface area contributed by atoms with Crippen LogP contribution >= 0.6 is 23.8 Å². The van der Waals surface area contributed by atoms with Gasteiger partial charge in [0.15, 0.2) is 5.11 Å². The number of thiocarbonyl (C=S) groups is 1. The Morgan fingerprint density at radius 1 is 1.03 bits per heavy atom. The van der Waals surface area contributed by atoms with Gasteiger partial charge in [-0.05, 0) is 66.3 Å². The lowest BCUT2D eigenvalue weighted by Crippen LogP contribution is -2.30. The van der Waals surface area contributed by atoms with Crippen molar-refractivity contribution in [3.63, 3.8) is 0 Å². The van der Waals surface area contributed by atoms with E-state index in [1.807, 2.05) is 60.9 Å². The molecule has 2 unspecified atom stereocenters. The zero-order valence-electron chi connectivity index (χ0n) is 17.9. The van der Waals surface area contributed by atoms with Gasteiger partial charge in [0.2, 0.25) is 0 Å². The number of aromatic nitrogens is 3. The minimum absolute atomic E-state index is 0.0954. The molecule has 33 heavy (non-hydrogen) atoms. The van der Waals surface area contributed by atoms with Crippen LogP contribution in [0.4, 0.5) is 0 Å². The van der Waals surface area contributed by atoms with Gasteiger partial charge in [-0.25, -0.2) is 4.98 Å². The lowest BCUT2D eigenvalue weighted by Gasteiger charge is -2.29. The van der Waals surface area contributed by atoms with Gasteiger partial charge in [0.1, 0.15) is 11.6 Å². The highest BCUT2D eigenvalue weighted by Gasteiger charge is 2.41. The van der Waals surface area contributed by atoms with E-state index < -0.39 is 0 Å². The van der Waals surface area contributed by atoms with Crippen LogP contribution in [0.1, 0.15) is 29.0 Å². The number of ether oxygens (including phenoxy) is 1. The zero-order valence-corrected chi connectivity index (χ0v) is 19.5. The van der Waals surface area contributed by atoms with Crippen molar-refractivity contribution in [2.45, 2.75) is 18.6 Å². The first-order chi connectivity index (χ1) is 16.1. The van der Waals surface area contributed by atoms with Crippen LogP contribution in [0, 0.1) is 0 Å². The molecule has 2 atom stereocenters. The molecule has 0 spiro atoms. The number of nitrogens with zero attached hydrogens (tertiary/aromatic N) is 4. The van der Waals surface area contributed by atoms with Crippen molar-refractivity contribution >= 4 is 28.9 Å². The van der Waals surface area contributed by atoms with E-state index in [1.54, 1.807) is 13.3 Å². The minimum atomic E-state index is -0.113. The Hall–Kier alpha value is -3.42. The molecule has 0 bridgehead atoms. The molecule has 4 aromatic rings. The van der Waals surface area contributed by atoms with Gasteiger partial charge in [-0.1, -0.05) is 29.8 Å². The summed E-state index contributed by atoms with van der Waals surface area (Å²) in [6, 6.07) is 21.7. The molecule has 1 aliphatic heterocycles. The maximum absolute atomic E-state index is 6.07. The van der Waals surface area contributed by atoms with E-state index in [0.717, 1.165) is 28.5 Å². The van der Waals surface area contributed by atoms with Crippen LogP contribution in [0.25, 0.3) is 5.82 Å². The summed E-state index contributed by atoms with van der Waals surface area (Å²) in [5, 5.41) is 4.79. The Kier molecular flexibility index (Phi) is 5.98. The van der Waals surface area contributed by atoms with Gasteiger partial charge in [0.05, 0.1) is 29.9 Å². The maximum atomic E-state index is 6.07. The molecule has 166 valence electrons. The Morgan fingerprint density at radius 3 is 2.58 bits per heavy atom. The standard InChI is InChI=1S/C25H22ClN5OS/c1-32-19-10-7-17(8-11-19)16-31-24(23(29-25(31)33)20-5-2-3-13-27-20)21-6-4-14-30(21)22-12-9-18(26)15-28-22/h2-15,23-24H,16H2,1H3,(H,29,33). The molecule has 0 saturated carbocycles. The van der Waals surface area contributed by atoms with E-state index in [9.17, 15) is 0 Å².